The number of pyridine rings is 1. The summed E-state index contributed by atoms with van der Waals surface area (Å²) in [6, 6.07) is 14.8. The van der Waals surface area contributed by atoms with Crippen molar-refractivity contribution in [3.8, 4) is 11.5 Å². The molecule has 2 atom stereocenters. The number of phenolic OH excluding ortho intramolecular Hbond substituents is 2. The number of carbonyl (C=O) groups is 3. The Kier molecular flexibility index (Phi) is 9.14. The third-order valence-corrected chi connectivity index (χ3v) is 5.75. The summed E-state index contributed by atoms with van der Waals surface area (Å²) in [5, 5.41) is 49.9. The molecule has 1 aromatic heterocycles. The first kappa shape index (κ1) is 27.1. The van der Waals surface area contributed by atoms with Crippen molar-refractivity contribution in [1.82, 2.24) is 14.8 Å². The molecule has 2 unspecified atom stereocenters. The first-order valence-corrected chi connectivity index (χ1v) is 11.3. The van der Waals surface area contributed by atoms with Crippen molar-refractivity contribution in [2.24, 2.45) is 0 Å². The zero-order valence-electron chi connectivity index (χ0n) is 19.7. The number of phenols is 2. The van der Waals surface area contributed by atoms with Crippen LogP contribution < -0.4 is 0 Å². The minimum Gasteiger partial charge on any atom is -0.508 e. The van der Waals surface area contributed by atoms with Gasteiger partial charge < -0.3 is 25.5 Å². The Morgan fingerprint density at radius 2 is 1.22 bits per heavy atom. The largest absolute Gasteiger partial charge is 0.508 e. The summed E-state index contributed by atoms with van der Waals surface area (Å²) in [5.41, 5.74) is 0.816. The monoisotopic (exact) mass is 509 g/mol. The zero-order valence-corrected chi connectivity index (χ0v) is 19.7. The van der Waals surface area contributed by atoms with Crippen molar-refractivity contribution >= 4 is 17.9 Å². The van der Waals surface area contributed by atoms with E-state index in [2.05, 4.69) is 4.98 Å². The first-order valence-electron chi connectivity index (χ1n) is 11.3. The number of carboxylic acids is 3. The second kappa shape index (κ2) is 12.5. The highest BCUT2D eigenvalue weighted by atomic mass is 16.4. The summed E-state index contributed by atoms with van der Waals surface area (Å²) in [5.74, 6) is -4.26. The van der Waals surface area contributed by atoms with Crippen LogP contribution in [-0.4, -0.2) is 84.4 Å². The van der Waals surface area contributed by atoms with E-state index in [0.29, 0.717) is 11.3 Å². The lowest BCUT2D eigenvalue weighted by molar-refractivity contribution is -0.147. The van der Waals surface area contributed by atoms with Gasteiger partial charge in [0.25, 0.3) is 0 Å². The van der Waals surface area contributed by atoms with E-state index in [9.17, 15) is 39.9 Å². The van der Waals surface area contributed by atoms with Crippen molar-refractivity contribution < 1.29 is 39.9 Å². The van der Waals surface area contributed by atoms with Gasteiger partial charge in [-0.05, 0) is 24.3 Å². The Morgan fingerprint density at radius 1 is 0.703 bits per heavy atom. The fourth-order valence-electron chi connectivity index (χ4n) is 4.21. The normalized spacial score (nSPS) is 12.8. The quantitative estimate of drug-likeness (QED) is 0.229. The smallest absolute Gasteiger partial charge is 0.325 e. The maximum atomic E-state index is 12.2. The number of hydrogen-bond acceptors (Lipinski definition) is 8. The number of aromatic nitrogens is 1. The first-order chi connectivity index (χ1) is 17.7. The molecule has 0 spiro atoms. The Labute approximate surface area is 212 Å². The minimum atomic E-state index is -1.51. The molecule has 0 saturated heterocycles. The number of nitrogens with zero attached hydrogens (tertiary/aromatic N) is 3. The lowest BCUT2D eigenvalue weighted by Gasteiger charge is -2.34. The van der Waals surface area contributed by atoms with Crippen molar-refractivity contribution in [3.63, 3.8) is 0 Å². The molecule has 0 bridgehead atoms. The van der Waals surface area contributed by atoms with Crippen molar-refractivity contribution in [3.05, 3.63) is 89.7 Å². The summed E-state index contributed by atoms with van der Waals surface area (Å²) >= 11 is 0. The lowest BCUT2D eigenvalue weighted by atomic mass is 9.99. The van der Waals surface area contributed by atoms with E-state index in [1.54, 1.807) is 36.4 Å². The third kappa shape index (κ3) is 7.03. The SMILES string of the molecule is O=C(O)CN(CCN(CC(=O)O)C(c1ccccn1)c1ccccc1O)C(C(=O)O)c1ccccc1O. The molecule has 11 nitrogen and oxygen atoms in total. The lowest BCUT2D eigenvalue weighted by Crippen LogP contribution is -2.45. The summed E-state index contributed by atoms with van der Waals surface area (Å²) in [7, 11) is 0. The Morgan fingerprint density at radius 3 is 1.73 bits per heavy atom. The number of para-hydroxylation sites is 2. The molecule has 0 radical (unpaired) electrons. The van der Waals surface area contributed by atoms with Crippen LogP contribution in [0.3, 0.4) is 0 Å². The van der Waals surface area contributed by atoms with E-state index in [4.69, 9.17) is 0 Å². The second-order valence-electron chi connectivity index (χ2n) is 8.24. The van der Waals surface area contributed by atoms with Gasteiger partial charge in [-0.2, -0.15) is 0 Å². The molecule has 0 aliphatic carbocycles. The summed E-state index contributed by atoms with van der Waals surface area (Å²) in [4.78, 5) is 42.7. The summed E-state index contributed by atoms with van der Waals surface area (Å²) < 4.78 is 0. The van der Waals surface area contributed by atoms with Crippen LogP contribution in [0, 0.1) is 0 Å². The Bertz CT molecular complexity index is 1240. The number of hydrogen-bond donors (Lipinski definition) is 5. The number of rotatable bonds is 13. The predicted molar refractivity (Wildman–Crippen MR) is 131 cm³/mol. The highest BCUT2D eigenvalue weighted by Crippen LogP contribution is 2.34. The van der Waals surface area contributed by atoms with Crippen molar-refractivity contribution in [1.29, 1.82) is 0 Å². The molecule has 2 aromatic carbocycles. The minimum absolute atomic E-state index is 0.00279. The van der Waals surface area contributed by atoms with Gasteiger partial charge in [0.1, 0.15) is 17.5 Å². The van der Waals surface area contributed by atoms with Gasteiger partial charge in [-0.15, -0.1) is 0 Å². The molecule has 0 aliphatic heterocycles. The molecule has 0 aliphatic rings. The van der Waals surface area contributed by atoms with Crippen molar-refractivity contribution in [2.45, 2.75) is 12.1 Å². The van der Waals surface area contributed by atoms with Gasteiger partial charge in [0, 0.05) is 30.4 Å². The molecule has 0 fully saturated rings. The zero-order chi connectivity index (χ0) is 26.9. The molecule has 3 rings (SSSR count). The highest BCUT2D eigenvalue weighted by Gasteiger charge is 2.33. The van der Waals surface area contributed by atoms with E-state index in [1.165, 1.54) is 41.4 Å². The third-order valence-electron chi connectivity index (χ3n) is 5.75. The van der Waals surface area contributed by atoms with E-state index in [-0.39, 0.29) is 30.2 Å². The van der Waals surface area contributed by atoms with Crippen LogP contribution in [0.2, 0.25) is 0 Å². The standard InChI is InChI=1S/C26H27N3O8/c30-20-10-3-1-7-17(20)24(19-9-5-6-12-27-19)28(15-22(32)33)13-14-29(16-23(34)35)25(26(36)37)18-8-2-4-11-21(18)31/h1-12,24-25,30-31H,13-16H2,(H,32,33)(H,34,35)(H,36,37). The number of aliphatic carboxylic acids is 3. The second-order valence-corrected chi connectivity index (χ2v) is 8.24. The van der Waals surface area contributed by atoms with Gasteiger partial charge in [0.05, 0.1) is 24.8 Å². The molecule has 11 heteroatoms. The van der Waals surface area contributed by atoms with E-state index in [1.807, 2.05) is 0 Å². The molecular weight excluding hydrogens is 482 g/mol. The van der Waals surface area contributed by atoms with Crippen LogP contribution in [0.15, 0.2) is 72.9 Å². The molecule has 3 aromatic rings. The predicted octanol–water partition coefficient (Wildman–Crippen LogP) is 2.18. The number of aromatic hydroxyl groups is 2. The van der Waals surface area contributed by atoms with E-state index < -0.39 is 43.1 Å². The van der Waals surface area contributed by atoms with Gasteiger partial charge in [-0.25, -0.2) is 0 Å². The van der Waals surface area contributed by atoms with Gasteiger partial charge in [-0.3, -0.25) is 29.2 Å². The van der Waals surface area contributed by atoms with Crippen LogP contribution >= 0.6 is 0 Å². The van der Waals surface area contributed by atoms with Crippen molar-refractivity contribution in [2.75, 3.05) is 26.2 Å². The Balaban J connectivity index is 2.02. The van der Waals surface area contributed by atoms with E-state index in [0.717, 1.165) is 4.90 Å². The fourth-order valence-corrected chi connectivity index (χ4v) is 4.21. The van der Waals surface area contributed by atoms with Gasteiger partial charge in [0.15, 0.2) is 0 Å². The van der Waals surface area contributed by atoms with Crippen LogP contribution in [0.4, 0.5) is 0 Å². The maximum absolute atomic E-state index is 12.2. The molecule has 194 valence electrons. The van der Waals surface area contributed by atoms with Crippen LogP contribution in [0.5, 0.6) is 11.5 Å². The molecule has 5 N–H and O–H groups in total. The fraction of sp³-hybridized carbons (Fsp3) is 0.231. The number of benzene rings is 2. The van der Waals surface area contributed by atoms with Gasteiger partial charge >= 0.3 is 17.9 Å². The molecule has 0 amide bonds. The van der Waals surface area contributed by atoms with Gasteiger partial charge in [0.2, 0.25) is 0 Å². The average Bonchev–Trinajstić information content (AvgIpc) is 2.84. The molecule has 1 heterocycles. The number of carboxylic acid groups (broad SMARTS) is 3. The average molecular weight is 510 g/mol. The van der Waals surface area contributed by atoms with Gasteiger partial charge in [-0.1, -0.05) is 42.5 Å². The topological polar surface area (TPSA) is 172 Å². The molecule has 37 heavy (non-hydrogen) atoms. The summed E-state index contributed by atoms with van der Waals surface area (Å²) in [6.45, 7) is -1.49. The Hall–Kier alpha value is -4.48. The highest BCUT2D eigenvalue weighted by molar-refractivity contribution is 5.78. The van der Waals surface area contributed by atoms with Crippen LogP contribution in [0.25, 0.3) is 0 Å². The summed E-state index contributed by atoms with van der Waals surface area (Å²) in [6.07, 6.45) is 1.52. The van der Waals surface area contributed by atoms with E-state index >= 15 is 0 Å². The molecule has 0 saturated carbocycles. The van der Waals surface area contributed by atoms with Crippen LogP contribution in [0.1, 0.15) is 28.9 Å². The molecular formula is C26H27N3O8. The maximum Gasteiger partial charge on any atom is 0.325 e. The van der Waals surface area contributed by atoms with Crippen LogP contribution in [-0.2, 0) is 14.4 Å².